The summed E-state index contributed by atoms with van der Waals surface area (Å²) < 4.78 is 16.0. The molecule has 1 N–H and O–H groups in total. The Morgan fingerprint density at radius 3 is 2.94 bits per heavy atom. The van der Waals surface area contributed by atoms with Crippen molar-refractivity contribution in [3.05, 3.63) is 43.4 Å². The molecule has 0 amide bonds. The molecule has 0 bridgehead atoms. The van der Waals surface area contributed by atoms with Gasteiger partial charge in [0.2, 0.25) is 6.29 Å². The Morgan fingerprint density at radius 2 is 2.31 bits per heavy atom. The van der Waals surface area contributed by atoms with Gasteiger partial charge in [-0.25, -0.2) is 0 Å². The molecule has 0 unspecified atom stereocenters. The molecular weight excluding hydrogens is 208 g/mol. The fourth-order valence-electron chi connectivity index (χ4n) is 1.30. The first-order chi connectivity index (χ1) is 7.81. The third-order valence-electron chi connectivity index (χ3n) is 2.01. The molecule has 4 nitrogen and oxygen atoms in total. The van der Waals surface area contributed by atoms with Crippen LogP contribution in [0.1, 0.15) is 0 Å². The summed E-state index contributed by atoms with van der Waals surface area (Å²) in [5.74, 6) is 0. The Bertz CT molecular complexity index is 291. The molecule has 0 aromatic carbocycles. The van der Waals surface area contributed by atoms with Gasteiger partial charge in [-0.3, -0.25) is 0 Å². The predicted octanol–water partition coefficient (Wildman–Crippen LogP) is 1.15. The molecule has 0 aliphatic carbocycles. The lowest BCUT2D eigenvalue weighted by Gasteiger charge is -2.30. The largest absolute Gasteiger partial charge is 0.461 e. The van der Waals surface area contributed by atoms with Gasteiger partial charge in [0.05, 0.1) is 13.2 Å². The van der Waals surface area contributed by atoms with Gasteiger partial charge in [0.1, 0.15) is 18.5 Å². The monoisotopic (exact) mass is 224 g/mol. The van der Waals surface area contributed by atoms with Crippen molar-refractivity contribution in [2.24, 2.45) is 0 Å². The summed E-state index contributed by atoms with van der Waals surface area (Å²) >= 11 is 0. The molecule has 0 aromatic heterocycles. The molecule has 1 aliphatic heterocycles. The molecule has 1 rings (SSSR count). The highest BCUT2D eigenvalue weighted by Crippen LogP contribution is 2.16. The Kier molecular flexibility index (Phi) is 5.61. The van der Waals surface area contributed by atoms with Gasteiger partial charge in [0, 0.05) is 0 Å². The first-order valence-electron chi connectivity index (χ1n) is 4.98. The van der Waals surface area contributed by atoms with Gasteiger partial charge in [-0.15, -0.1) is 6.58 Å². The summed E-state index contributed by atoms with van der Waals surface area (Å²) in [6.07, 6.45) is 5.22. The fourth-order valence-corrected chi connectivity index (χ4v) is 1.30. The highest BCUT2D eigenvalue weighted by atomic mass is 16.7. The maximum Gasteiger partial charge on any atom is 0.220 e. The smallest absolute Gasteiger partial charge is 0.220 e. The van der Waals surface area contributed by atoms with Crippen molar-refractivity contribution in [1.82, 2.24) is 0 Å². The number of aliphatic hydroxyl groups is 1. The zero-order chi connectivity index (χ0) is 11.8. The van der Waals surface area contributed by atoms with Crippen molar-refractivity contribution in [2.45, 2.75) is 18.5 Å². The van der Waals surface area contributed by atoms with Crippen LogP contribution in [0.15, 0.2) is 43.4 Å². The van der Waals surface area contributed by atoms with Crippen LogP contribution in [-0.4, -0.2) is 36.8 Å². The van der Waals surface area contributed by atoms with Gasteiger partial charge in [-0.05, 0) is 6.08 Å². The second kappa shape index (κ2) is 7.04. The van der Waals surface area contributed by atoms with Gasteiger partial charge in [-0.2, -0.15) is 0 Å². The highest BCUT2D eigenvalue weighted by molar-refractivity contribution is 5.01. The Morgan fingerprint density at radius 1 is 1.50 bits per heavy atom. The van der Waals surface area contributed by atoms with E-state index in [-0.39, 0.29) is 12.7 Å². The van der Waals surface area contributed by atoms with E-state index in [4.69, 9.17) is 19.3 Å². The molecule has 0 fully saturated rings. The van der Waals surface area contributed by atoms with Crippen LogP contribution in [0, 0.1) is 0 Å². The number of rotatable bonds is 6. The van der Waals surface area contributed by atoms with Crippen LogP contribution in [-0.2, 0) is 14.2 Å². The summed E-state index contributed by atoms with van der Waals surface area (Å²) in [5.41, 5.74) is 2.48. The summed E-state index contributed by atoms with van der Waals surface area (Å²) in [5, 5.41) is 9.15. The van der Waals surface area contributed by atoms with Crippen molar-refractivity contribution >= 4 is 0 Å². The molecule has 88 valence electrons. The minimum atomic E-state index is -0.532. The maximum absolute atomic E-state index is 9.15. The minimum absolute atomic E-state index is 0.135. The molecule has 1 heterocycles. The third-order valence-corrected chi connectivity index (χ3v) is 2.01. The van der Waals surface area contributed by atoms with Crippen molar-refractivity contribution < 1.29 is 19.3 Å². The van der Waals surface area contributed by atoms with Crippen LogP contribution < -0.4 is 0 Å². The minimum Gasteiger partial charge on any atom is -0.461 e. The van der Waals surface area contributed by atoms with Crippen molar-refractivity contribution in [2.75, 3.05) is 13.2 Å². The van der Waals surface area contributed by atoms with E-state index in [1.807, 2.05) is 0 Å². The summed E-state index contributed by atoms with van der Waals surface area (Å²) in [4.78, 5) is 0. The van der Waals surface area contributed by atoms with Gasteiger partial charge >= 0.3 is 0 Å². The van der Waals surface area contributed by atoms with E-state index in [0.717, 1.165) is 0 Å². The molecule has 16 heavy (non-hydrogen) atoms. The van der Waals surface area contributed by atoms with Crippen LogP contribution in [0.2, 0.25) is 0 Å². The van der Waals surface area contributed by atoms with Gasteiger partial charge in [-0.1, -0.05) is 24.5 Å². The lowest BCUT2D eigenvalue weighted by Crippen LogP contribution is -2.40. The van der Waals surface area contributed by atoms with E-state index in [0.29, 0.717) is 6.61 Å². The summed E-state index contributed by atoms with van der Waals surface area (Å²) in [6, 6.07) is 0. The second-order valence-corrected chi connectivity index (χ2v) is 3.16. The van der Waals surface area contributed by atoms with Gasteiger partial charge in [0.15, 0.2) is 0 Å². The van der Waals surface area contributed by atoms with Crippen LogP contribution in [0.5, 0.6) is 0 Å². The average Bonchev–Trinajstić information content (AvgIpc) is 2.34. The zero-order valence-corrected chi connectivity index (χ0v) is 9.04. The van der Waals surface area contributed by atoms with Crippen LogP contribution in [0.4, 0.5) is 0 Å². The molecule has 0 saturated heterocycles. The van der Waals surface area contributed by atoms with Crippen LogP contribution >= 0.6 is 0 Å². The van der Waals surface area contributed by atoms with E-state index in [1.165, 1.54) is 6.26 Å². The van der Waals surface area contributed by atoms with E-state index < -0.39 is 12.4 Å². The standard InChI is InChI=1S/C12H16O4/c1-3-7-14-10-5-6-12(15-8-4-2)16-11(10)9-13/h3,5-6,8,10-13H,1-2,7,9H2/t10-,11+,12-/m0/s1. The van der Waals surface area contributed by atoms with Crippen molar-refractivity contribution in [1.29, 1.82) is 0 Å². The molecule has 0 saturated carbocycles. The average molecular weight is 224 g/mol. The van der Waals surface area contributed by atoms with E-state index >= 15 is 0 Å². The van der Waals surface area contributed by atoms with Crippen LogP contribution in [0.3, 0.4) is 0 Å². The van der Waals surface area contributed by atoms with Gasteiger partial charge in [0.25, 0.3) is 0 Å². The van der Waals surface area contributed by atoms with Crippen LogP contribution in [0.25, 0.3) is 0 Å². The molecule has 4 heteroatoms. The molecule has 0 radical (unpaired) electrons. The van der Waals surface area contributed by atoms with Gasteiger partial charge < -0.3 is 19.3 Å². The number of hydrogen-bond acceptors (Lipinski definition) is 4. The summed E-state index contributed by atoms with van der Waals surface area (Å²) in [7, 11) is 0. The van der Waals surface area contributed by atoms with Crippen molar-refractivity contribution in [3.63, 3.8) is 0 Å². The Balaban J connectivity index is 2.54. The lowest BCUT2D eigenvalue weighted by atomic mass is 10.1. The summed E-state index contributed by atoms with van der Waals surface area (Å²) in [6.45, 7) is 7.20. The molecule has 1 aliphatic rings. The normalized spacial score (nSPS) is 28.2. The predicted molar refractivity (Wildman–Crippen MR) is 59.6 cm³/mol. The fraction of sp³-hybridized carbons (Fsp3) is 0.417. The SMILES string of the molecule is C=C=CO[C@@H]1C=C[C@H](OCC=C)[C@@H](CO)O1. The first kappa shape index (κ1) is 12.7. The number of ether oxygens (including phenoxy) is 3. The maximum atomic E-state index is 9.15. The molecular formula is C12H16O4. The number of aliphatic hydroxyl groups excluding tert-OH is 1. The number of hydrogen-bond donors (Lipinski definition) is 1. The van der Waals surface area contributed by atoms with E-state index in [1.54, 1.807) is 18.2 Å². The molecule has 0 aromatic rings. The zero-order valence-electron chi connectivity index (χ0n) is 9.04. The van der Waals surface area contributed by atoms with E-state index in [9.17, 15) is 0 Å². The Hall–Kier alpha value is -1.32. The van der Waals surface area contributed by atoms with E-state index in [2.05, 4.69) is 18.9 Å². The Labute approximate surface area is 95.1 Å². The molecule has 3 atom stereocenters. The topological polar surface area (TPSA) is 47.9 Å². The third kappa shape index (κ3) is 3.68. The van der Waals surface area contributed by atoms with Crippen molar-refractivity contribution in [3.8, 4) is 0 Å². The second-order valence-electron chi connectivity index (χ2n) is 3.16. The quantitative estimate of drug-likeness (QED) is 0.417. The first-order valence-corrected chi connectivity index (χ1v) is 4.98. The lowest BCUT2D eigenvalue weighted by molar-refractivity contribution is -0.165. The highest BCUT2D eigenvalue weighted by Gasteiger charge is 2.27. The molecule has 0 spiro atoms.